The van der Waals surface area contributed by atoms with Crippen LogP contribution in [0.25, 0.3) is 0 Å². The largest absolute Gasteiger partial charge is 0.491 e. The van der Waals surface area contributed by atoms with Crippen LogP contribution in [0.5, 0.6) is 5.75 Å². The summed E-state index contributed by atoms with van der Waals surface area (Å²) in [6.07, 6.45) is 2.36. The van der Waals surface area contributed by atoms with E-state index in [1.54, 1.807) is 0 Å². The van der Waals surface area contributed by atoms with Crippen molar-refractivity contribution >= 4 is 0 Å². The number of hydrogen-bond acceptors (Lipinski definition) is 2. The summed E-state index contributed by atoms with van der Waals surface area (Å²) in [4.78, 5) is 0. The van der Waals surface area contributed by atoms with Gasteiger partial charge < -0.3 is 10.1 Å². The molecule has 2 nitrogen and oxygen atoms in total. The molecule has 1 aromatic carbocycles. The van der Waals surface area contributed by atoms with Crippen LogP contribution in [0.15, 0.2) is 24.3 Å². The van der Waals surface area contributed by atoms with Gasteiger partial charge in [0.15, 0.2) is 0 Å². The molecule has 2 heteroatoms. The van der Waals surface area contributed by atoms with E-state index in [1.165, 1.54) is 5.56 Å². The Morgan fingerprint density at radius 2 is 2.00 bits per heavy atom. The van der Waals surface area contributed by atoms with Crippen molar-refractivity contribution in [3.05, 3.63) is 29.8 Å². The first-order chi connectivity index (χ1) is 8.61. The van der Waals surface area contributed by atoms with E-state index in [0.717, 1.165) is 31.7 Å². The Labute approximate surface area is 112 Å². The van der Waals surface area contributed by atoms with E-state index in [-0.39, 0.29) is 6.10 Å². The van der Waals surface area contributed by atoms with E-state index >= 15 is 0 Å². The lowest BCUT2D eigenvalue weighted by atomic mass is 10.1. The molecular formula is C16H27NO. The molecule has 1 atom stereocenters. The van der Waals surface area contributed by atoms with Gasteiger partial charge in [-0.05, 0) is 56.5 Å². The maximum atomic E-state index is 5.92. The minimum atomic E-state index is 0.261. The van der Waals surface area contributed by atoms with Crippen LogP contribution in [0, 0.1) is 5.92 Å². The summed E-state index contributed by atoms with van der Waals surface area (Å²) in [6.45, 7) is 10.9. The minimum Gasteiger partial charge on any atom is -0.491 e. The van der Waals surface area contributed by atoms with Gasteiger partial charge in [0, 0.05) is 0 Å². The van der Waals surface area contributed by atoms with Crippen LogP contribution in [0.2, 0.25) is 0 Å². The van der Waals surface area contributed by atoms with E-state index in [1.807, 2.05) is 6.07 Å². The molecule has 0 amide bonds. The van der Waals surface area contributed by atoms with Crippen LogP contribution in [0.4, 0.5) is 0 Å². The van der Waals surface area contributed by atoms with Crippen molar-refractivity contribution in [2.24, 2.45) is 5.92 Å². The molecule has 0 spiro atoms. The molecule has 0 radical (unpaired) electrons. The van der Waals surface area contributed by atoms with Gasteiger partial charge in [-0.2, -0.15) is 0 Å². The molecule has 0 aliphatic carbocycles. The lowest BCUT2D eigenvalue weighted by Crippen LogP contribution is -2.25. The number of nitrogens with one attached hydrogen (secondary N) is 1. The Balaban J connectivity index is 2.28. The quantitative estimate of drug-likeness (QED) is 0.710. The molecule has 18 heavy (non-hydrogen) atoms. The van der Waals surface area contributed by atoms with Gasteiger partial charge in [0.2, 0.25) is 0 Å². The van der Waals surface area contributed by atoms with Crippen LogP contribution in [-0.4, -0.2) is 19.2 Å². The van der Waals surface area contributed by atoms with E-state index in [2.05, 4.69) is 51.2 Å². The van der Waals surface area contributed by atoms with Gasteiger partial charge in [-0.3, -0.25) is 0 Å². The molecule has 102 valence electrons. The summed E-state index contributed by atoms with van der Waals surface area (Å²) in [7, 11) is 0. The topological polar surface area (TPSA) is 21.3 Å². The van der Waals surface area contributed by atoms with Crippen LogP contribution < -0.4 is 10.1 Å². The maximum absolute atomic E-state index is 5.92. The van der Waals surface area contributed by atoms with Gasteiger partial charge in [-0.15, -0.1) is 0 Å². The molecule has 1 aromatic rings. The predicted octanol–water partition coefficient (Wildman–Crippen LogP) is 3.65. The Kier molecular flexibility index (Phi) is 6.81. The Morgan fingerprint density at radius 1 is 1.22 bits per heavy atom. The fourth-order valence-corrected chi connectivity index (χ4v) is 1.83. The predicted molar refractivity (Wildman–Crippen MR) is 78.2 cm³/mol. The Morgan fingerprint density at radius 3 is 2.67 bits per heavy atom. The lowest BCUT2D eigenvalue weighted by molar-refractivity contribution is 0.209. The zero-order chi connectivity index (χ0) is 13.4. The first-order valence-electron chi connectivity index (χ1n) is 7.08. The Hall–Kier alpha value is -1.02. The summed E-state index contributed by atoms with van der Waals surface area (Å²) in [6, 6.07) is 8.38. The second-order valence-electron chi connectivity index (χ2n) is 5.32. The van der Waals surface area contributed by atoms with Gasteiger partial charge in [0.05, 0.1) is 6.10 Å². The molecule has 0 saturated carbocycles. The molecule has 1 N–H and O–H groups in total. The van der Waals surface area contributed by atoms with E-state index in [9.17, 15) is 0 Å². The molecule has 0 heterocycles. The molecule has 1 rings (SSSR count). The highest BCUT2D eigenvalue weighted by Crippen LogP contribution is 2.16. The first-order valence-corrected chi connectivity index (χ1v) is 7.08. The van der Waals surface area contributed by atoms with E-state index < -0.39 is 0 Å². The summed E-state index contributed by atoms with van der Waals surface area (Å²) in [5.74, 6) is 1.70. The molecule has 0 aromatic heterocycles. The van der Waals surface area contributed by atoms with Gasteiger partial charge >= 0.3 is 0 Å². The zero-order valence-corrected chi connectivity index (χ0v) is 12.2. The van der Waals surface area contributed by atoms with Gasteiger partial charge in [0.1, 0.15) is 5.75 Å². The standard InChI is InChI=1S/C16H27NO/c1-5-15-7-6-8-16(11-15)18-14(4)9-10-17-12-13(2)3/h6-8,11,13-14,17H,5,9-10,12H2,1-4H3. The third kappa shape index (κ3) is 6.06. The third-order valence-corrected chi connectivity index (χ3v) is 2.92. The lowest BCUT2D eigenvalue weighted by Gasteiger charge is -2.16. The van der Waals surface area contributed by atoms with Crippen LogP contribution in [0.1, 0.15) is 39.7 Å². The first kappa shape index (κ1) is 15.0. The van der Waals surface area contributed by atoms with Crippen LogP contribution in [-0.2, 0) is 6.42 Å². The Bertz CT molecular complexity index is 336. The monoisotopic (exact) mass is 249 g/mol. The van der Waals surface area contributed by atoms with Gasteiger partial charge in [0.25, 0.3) is 0 Å². The summed E-state index contributed by atoms with van der Waals surface area (Å²) >= 11 is 0. The van der Waals surface area contributed by atoms with Crippen LogP contribution >= 0.6 is 0 Å². The highest BCUT2D eigenvalue weighted by atomic mass is 16.5. The highest BCUT2D eigenvalue weighted by molar-refractivity contribution is 5.28. The smallest absolute Gasteiger partial charge is 0.119 e. The minimum absolute atomic E-state index is 0.261. The number of aryl methyl sites for hydroxylation is 1. The SMILES string of the molecule is CCc1cccc(OC(C)CCNCC(C)C)c1. The summed E-state index contributed by atoms with van der Waals surface area (Å²) in [5, 5.41) is 3.44. The molecular weight excluding hydrogens is 222 g/mol. The molecule has 0 aliphatic heterocycles. The summed E-state index contributed by atoms with van der Waals surface area (Å²) < 4.78 is 5.92. The van der Waals surface area contributed by atoms with Crippen molar-refractivity contribution in [3.8, 4) is 5.75 Å². The molecule has 0 bridgehead atoms. The van der Waals surface area contributed by atoms with E-state index in [0.29, 0.717) is 5.92 Å². The fraction of sp³-hybridized carbons (Fsp3) is 0.625. The second-order valence-corrected chi connectivity index (χ2v) is 5.32. The summed E-state index contributed by atoms with van der Waals surface area (Å²) in [5.41, 5.74) is 1.33. The zero-order valence-electron chi connectivity index (χ0n) is 12.2. The van der Waals surface area contributed by atoms with E-state index in [4.69, 9.17) is 4.74 Å². The molecule has 0 saturated heterocycles. The average Bonchev–Trinajstić information content (AvgIpc) is 2.34. The maximum Gasteiger partial charge on any atom is 0.119 e. The van der Waals surface area contributed by atoms with Crippen molar-refractivity contribution < 1.29 is 4.74 Å². The third-order valence-electron chi connectivity index (χ3n) is 2.92. The number of ether oxygens (including phenoxy) is 1. The second kappa shape index (κ2) is 8.15. The normalized spacial score (nSPS) is 12.7. The number of benzene rings is 1. The van der Waals surface area contributed by atoms with Crippen molar-refractivity contribution in [1.29, 1.82) is 0 Å². The number of hydrogen-bond donors (Lipinski definition) is 1. The van der Waals surface area contributed by atoms with Crippen molar-refractivity contribution in [1.82, 2.24) is 5.32 Å². The molecule has 0 aliphatic rings. The van der Waals surface area contributed by atoms with Crippen molar-refractivity contribution in [3.63, 3.8) is 0 Å². The van der Waals surface area contributed by atoms with Crippen molar-refractivity contribution in [2.75, 3.05) is 13.1 Å². The number of rotatable bonds is 8. The molecule has 0 fully saturated rings. The van der Waals surface area contributed by atoms with Gasteiger partial charge in [-0.25, -0.2) is 0 Å². The average molecular weight is 249 g/mol. The fourth-order valence-electron chi connectivity index (χ4n) is 1.83. The van der Waals surface area contributed by atoms with Crippen molar-refractivity contribution in [2.45, 2.75) is 46.6 Å². The highest BCUT2D eigenvalue weighted by Gasteiger charge is 2.04. The van der Waals surface area contributed by atoms with Crippen LogP contribution in [0.3, 0.4) is 0 Å². The van der Waals surface area contributed by atoms with Gasteiger partial charge in [-0.1, -0.05) is 32.9 Å². The molecule has 1 unspecified atom stereocenters.